The summed E-state index contributed by atoms with van der Waals surface area (Å²) in [4.78, 5) is 2.70. The Morgan fingerprint density at radius 1 is 1.05 bits per heavy atom. The van der Waals surface area contributed by atoms with E-state index in [2.05, 4.69) is 19.0 Å². The lowest BCUT2D eigenvalue weighted by Gasteiger charge is -2.43. The van der Waals surface area contributed by atoms with Crippen molar-refractivity contribution in [2.24, 2.45) is 0 Å². The van der Waals surface area contributed by atoms with E-state index < -0.39 is 9.84 Å². The zero-order valence-corrected chi connectivity index (χ0v) is 15.5. The largest absolute Gasteiger partial charge is 0.304 e. The highest BCUT2D eigenvalue weighted by molar-refractivity contribution is 7.91. The Labute approximate surface area is 141 Å². The van der Waals surface area contributed by atoms with Crippen LogP contribution in [0, 0.1) is 6.92 Å². The van der Waals surface area contributed by atoms with Gasteiger partial charge in [0.25, 0.3) is 0 Å². The summed E-state index contributed by atoms with van der Waals surface area (Å²) in [6, 6.07) is 7.20. The van der Waals surface area contributed by atoms with Gasteiger partial charge in [0.2, 0.25) is 0 Å². The fourth-order valence-corrected chi connectivity index (χ4v) is 4.75. The third kappa shape index (κ3) is 4.46. The molecule has 1 aliphatic carbocycles. The molecule has 22 heavy (non-hydrogen) atoms. The minimum Gasteiger partial charge on any atom is -0.304 e. The van der Waals surface area contributed by atoms with Gasteiger partial charge in [0, 0.05) is 5.54 Å². The molecule has 3 nitrogen and oxygen atoms in total. The molecule has 0 heterocycles. The molecule has 1 fully saturated rings. The Balaban J connectivity index is 0.00000242. The van der Waals surface area contributed by atoms with Crippen LogP contribution >= 0.6 is 12.4 Å². The summed E-state index contributed by atoms with van der Waals surface area (Å²) < 4.78 is 25.1. The fourth-order valence-electron chi connectivity index (χ4n) is 3.32. The van der Waals surface area contributed by atoms with Crippen LogP contribution in [0.2, 0.25) is 0 Å². The van der Waals surface area contributed by atoms with Crippen molar-refractivity contribution in [2.45, 2.75) is 55.9 Å². The number of sulfone groups is 1. The second-order valence-electron chi connectivity index (χ2n) is 6.56. The molecule has 0 aromatic heterocycles. The minimum absolute atomic E-state index is 0. The van der Waals surface area contributed by atoms with E-state index in [0.29, 0.717) is 4.90 Å². The monoisotopic (exact) mass is 345 g/mol. The van der Waals surface area contributed by atoms with Gasteiger partial charge in [0.05, 0.1) is 10.6 Å². The van der Waals surface area contributed by atoms with Gasteiger partial charge in [-0.25, -0.2) is 8.42 Å². The lowest BCUT2D eigenvalue weighted by Crippen LogP contribution is -2.47. The second kappa shape index (κ2) is 7.80. The Hall–Kier alpha value is -0.580. The van der Waals surface area contributed by atoms with E-state index in [0.717, 1.165) is 24.8 Å². The van der Waals surface area contributed by atoms with E-state index in [1.54, 1.807) is 12.1 Å². The zero-order valence-electron chi connectivity index (χ0n) is 13.8. The predicted octanol–water partition coefficient (Wildman–Crippen LogP) is 3.85. The molecule has 0 amide bonds. The van der Waals surface area contributed by atoms with E-state index in [4.69, 9.17) is 0 Å². The average molecular weight is 346 g/mol. The molecule has 0 unspecified atom stereocenters. The smallest absolute Gasteiger partial charge is 0.178 e. The first-order valence-electron chi connectivity index (χ1n) is 7.83. The molecule has 0 radical (unpaired) electrons. The minimum atomic E-state index is -3.17. The van der Waals surface area contributed by atoms with Crippen LogP contribution in [0.1, 0.15) is 44.1 Å². The van der Waals surface area contributed by atoms with Gasteiger partial charge in [0.15, 0.2) is 9.84 Å². The van der Waals surface area contributed by atoms with Crippen molar-refractivity contribution in [3.05, 3.63) is 29.8 Å². The SMILES string of the molecule is Cc1ccc(S(=O)(=O)CCC2(N(C)C)CCCCC2)cc1.Cl. The number of hydrogen-bond acceptors (Lipinski definition) is 3. The third-order valence-electron chi connectivity index (χ3n) is 4.95. The summed E-state index contributed by atoms with van der Waals surface area (Å²) in [6.07, 6.45) is 6.66. The molecular formula is C17H28ClNO2S. The van der Waals surface area contributed by atoms with Crippen molar-refractivity contribution in [1.82, 2.24) is 4.90 Å². The van der Waals surface area contributed by atoms with E-state index in [-0.39, 0.29) is 23.7 Å². The maximum absolute atomic E-state index is 12.5. The fraction of sp³-hybridized carbons (Fsp3) is 0.647. The number of aryl methyl sites for hydroxylation is 1. The van der Waals surface area contributed by atoms with Gasteiger partial charge >= 0.3 is 0 Å². The number of hydrogen-bond donors (Lipinski definition) is 0. The molecule has 0 aliphatic heterocycles. The summed E-state index contributed by atoms with van der Waals surface area (Å²) in [6.45, 7) is 1.97. The van der Waals surface area contributed by atoms with Crippen LogP contribution in [-0.2, 0) is 9.84 Å². The number of halogens is 1. The quantitative estimate of drug-likeness (QED) is 0.813. The van der Waals surface area contributed by atoms with Crippen molar-refractivity contribution in [2.75, 3.05) is 19.8 Å². The molecule has 0 spiro atoms. The van der Waals surface area contributed by atoms with Crippen LogP contribution in [0.15, 0.2) is 29.2 Å². The zero-order chi connectivity index (χ0) is 15.5. The maximum atomic E-state index is 12.5. The Kier molecular flexibility index (Phi) is 6.90. The van der Waals surface area contributed by atoms with Crippen molar-refractivity contribution < 1.29 is 8.42 Å². The van der Waals surface area contributed by atoms with Crippen molar-refractivity contribution in [3.63, 3.8) is 0 Å². The lowest BCUT2D eigenvalue weighted by atomic mass is 9.79. The second-order valence-corrected chi connectivity index (χ2v) is 8.67. The van der Waals surface area contributed by atoms with E-state index in [1.807, 2.05) is 19.1 Å². The van der Waals surface area contributed by atoms with Crippen LogP contribution in [0.25, 0.3) is 0 Å². The van der Waals surface area contributed by atoms with Gasteiger partial charge in [-0.3, -0.25) is 0 Å². The summed E-state index contributed by atoms with van der Waals surface area (Å²) >= 11 is 0. The molecule has 1 aromatic carbocycles. The number of rotatable bonds is 5. The summed E-state index contributed by atoms with van der Waals surface area (Å²) in [7, 11) is 1.000. The summed E-state index contributed by atoms with van der Waals surface area (Å²) in [5.41, 5.74) is 1.15. The lowest BCUT2D eigenvalue weighted by molar-refractivity contribution is 0.0966. The predicted molar refractivity (Wildman–Crippen MR) is 94.6 cm³/mol. The highest BCUT2D eigenvalue weighted by Gasteiger charge is 2.35. The Morgan fingerprint density at radius 3 is 2.09 bits per heavy atom. The van der Waals surface area contributed by atoms with Crippen molar-refractivity contribution >= 4 is 22.2 Å². The average Bonchev–Trinajstić information content (AvgIpc) is 2.46. The van der Waals surface area contributed by atoms with Crippen molar-refractivity contribution in [3.8, 4) is 0 Å². The Morgan fingerprint density at radius 2 is 1.59 bits per heavy atom. The molecule has 1 aromatic rings. The molecule has 5 heteroatoms. The van der Waals surface area contributed by atoms with Crippen molar-refractivity contribution in [1.29, 1.82) is 0 Å². The highest BCUT2D eigenvalue weighted by Crippen LogP contribution is 2.35. The third-order valence-corrected chi connectivity index (χ3v) is 6.68. The summed E-state index contributed by atoms with van der Waals surface area (Å²) in [5.74, 6) is 0.244. The molecule has 0 bridgehead atoms. The Bertz CT molecular complexity index is 561. The summed E-state index contributed by atoms with van der Waals surface area (Å²) in [5, 5.41) is 0. The molecular weight excluding hydrogens is 318 g/mol. The van der Waals surface area contributed by atoms with Gasteiger partial charge in [0.1, 0.15) is 0 Å². The van der Waals surface area contributed by atoms with E-state index in [9.17, 15) is 8.42 Å². The van der Waals surface area contributed by atoms with Gasteiger partial charge in [-0.2, -0.15) is 0 Å². The van der Waals surface area contributed by atoms with Crippen LogP contribution in [0.4, 0.5) is 0 Å². The topological polar surface area (TPSA) is 37.4 Å². The van der Waals surface area contributed by atoms with Crippen LogP contribution < -0.4 is 0 Å². The first-order valence-corrected chi connectivity index (χ1v) is 9.48. The number of nitrogens with zero attached hydrogens (tertiary/aromatic N) is 1. The van der Waals surface area contributed by atoms with Gasteiger partial charge in [-0.05, 0) is 52.4 Å². The molecule has 1 aliphatic rings. The van der Waals surface area contributed by atoms with E-state index in [1.165, 1.54) is 19.3 Å². The number of benzene rings is 1. The molecule has 0 N–H and O–H groups in total. The molecule has 0 saturated heterocycles. The standard InChI is InChI=1S/C17H27NO2S.ClH/c1-15-7-9-16(10-8-15)21(19,20)14-13-17(18(2)3)11-5-4-6-12-17;/h7-10H,4-6,11-14H2,1-3H3;1H. The van der Waals surface area contributed by atoms with Crippen LogP contribution in [0.3, 0.4) is 0 Å². The molecule has 1 saturated carbocycles. The normalized spacial score (nSPS) is 18.0. The molecule has 2 rings (SSSR count). The van der Waals surface area contributed by atoms with Crippen LogP contribution in [-0.4, -0.2) is 38.7 Å². The molecule has 0 atom stereocenters. The highest BCUT2D eigenvalue weighted by atomic mass is 35.5. The van der Waals surface area contributed by atoms with Gasteiger partial charge in [-0.1, -0.05) is 37.0 Å². The van der Waals surface area contributed by atoms with E-state index >= 15 is 0 Å². The van der Waals surface area contributed by atoms with Crippen LogP contribution in [0.5, 0.6) is 0 Å². The molecule has 126 valence electrons. The van der Waals surface area contributed by atoms with Gasteiger partial charge < -0.3 is 4.90 Å². The maximum Gasteiger partial charge on any atom is 0.178 e. The van der Waals surface area contributed by atoms with Gasteiger partial charge in [-0.15, -0.1) is 12.4 Å². The first-order chi connectivity index (χ1) is 9.86. The first kappa shape index (κ1) is 19.5.